The van der Waals surface area contributed by atoms with Crippen LogP contribution in [0.25, 0.3) is 21.9 Å². The molecule has 5 aromatic rings. The van der Waals surface area contributed by atoms with Gasteiger partial charge < -0.3 is 8.83 Å². The fraction of sp³-hybridized carbons (Fsp3) is 0.133. The van der Waals surface area contributed by atoms with E-state index in [0.29, 0.717) is 11.2 Å². The Balaban J connectivity index is 1.51. The first-order chi connectivity index (χ1) is 17.3. The molecule has 0 radical (unpaired) electrons. The molecule has 2 heterocycles. The second-order valence-electron chi connectivity index (χ2n) is 8.78. The summed E-state index contributed by atoms with van der Waals surface area (Å²) in [5, 5.41) is 3.92. The minimum atomic E-state index is -0.440. The van der Waals surface area contributed by atoms with E-state index < -0.39 is 4.75 Å². The first-order valence-corrected chi connectivity index (χ1v) is 13.2. The van der Waals surface area contributed by atoms with Crippen LogP contribution >= 0.6 is 23.5 Å². The maximum atomic E-state index is 12.1. The SMILES string of the molecule is Cc1cc(=O)oc2cc(S/C=C\C(C)(Sc3cccc4c(C)cc(=O)oc34)c3ccccc3)ccc12. The van der Waals surface area contributed by atoms with Gasteiger partial charge in [-0.3, -0.25) is 0 Å². The topological polar surface area (TPSA) is 60.4 Å². The van der Waals surface area contributed by atoms with Gasteiger partial charge in [0.15, 0.2) is 5.58 Å². The van der Waals surface area contributed by atoms with Crippen molar-refractivity contribution in [2.45, 2.75) is 35.3 Å². The third kappa shape index (κ3) is 4.92. The van der Waals surface area contributed by atoms with Crippen LogP contribution in [0.1, 0.15) is 23.6 Å². The van der Waals surface area contributed by atoms with E-state index in [0.717, 1.165) is 37.3 Å². The van der Waals surface area contributed by atoms with Gasteiger partial charge in [-0.25, -0.2) is 9.59 Å². The van der Waals surface area contributed by atoms with Crippen LogP contribution in [-0.2, 0) is 4.75 Å². The summed E-state index contributed by atoms with van der Waals surface area (Å²) in [5.74, 6) is 0. The average Bonchev–Trinajstić information content (AvgIpc) is 2.85. The van der Waals surface area contributed by atoms with Gasteiger partial charge in [0.1, 0.15) is 5.58 Å². The number of thioether (sulfide) groups is 2. The van der Waals surface area contributed by atoms with Crippen LogP contribution < -0.4 is 11.3 Å². The molecule has 3 aromatic carbocycles. The van der Waals surface area contributed by atoms with Crippen LogP contribution in [0.4, 0.5) is 0 Å². The number of hydrogen-bond donors (Lipinski definition) is 0. The molecule has 0 spiro atoms. The maximum Gasteiger partial charge on any atom is 0.336 e. The molecule has 6 heteroatoms. The van der Waals surface area contributed by atoms with Gasteiger partial charge in [0, 0.05) is 27.8 Å². The molecule has 0 aliphatic carbocycles. The summed E-state index contributed by atoms with van der Waals surface area (Å²) >= 11 is 3.20. The smallest absolute Gasteiger partial charge is 0.336 e. The molecule has 1 unspecified atom stereocenters. The van der Waals surface area contributed by atoms with Crippen LogP contribution in [0.5, 0.6) is 0 Å². The Kier molecular flexibility index (Phi) is 6.65. The second-order valence-corrected chi connectivity index (χ2v) is 11.3. The lowest BCUT2D eigenvalue weighted by molar-refractivity contribution is 0.553. The van der Waals surface area contributed by atoms with Crippen molar-refractivity contribution in [3.63, 3.8) is 0 Å². The molecule has 0 fully saturated rings. The number of fused-ring (bicyclic) bond motifs is 2. The molecule has 5 rings (SSSR count). The van der Waals surface area contributed by atoms with Crippen LogP contribution in [-0.4, -0.2) is 0 Å². The molecular formula is C30H24O4S2. The zero-order valence-corrected chi connectivity index (χ0v) is 21.7. The van der Waals surface area contributed by atoms with E-state index in [4.69, 9.17) is 8.83 Å². The number of benzene rings is 3. The summed E-state index contributed by atoms with van der Waals surface area (Å²) in [6, 6.07) is 25.1. The first-order valence-electron chi connectivity index (χ1n) is 11.5. The highest BCUT2D eigenvalue weighted by Gasteiger charge is 2.26. The lowest BCUT2D eigenvalue weighted by atomic mass is 10.0. The van der Waals surface area contributed by atoms with Gasteiger partial charge in [0.2, 0.25) is 0 Å². The monoisotopic (exact) mass is 512 g/mol. The van der Waals surface area contributed by atoms with Gasteiger partial charge >= 0.3 is 11.3 Å². The van der Waals surface area contributed by atoms with Gasteiger partial charge in [-0.15, -0.1) is 11.8 Å². The Morgan fingerprint density at radius 1 is 0.778 bits per heavy atom. The van der Waals surface area contributed by atoms with Crippen molar-refractivity contribution in [3.8, 4) is 0 Å². The van der Waals surface area contributed by atoms with E-state index in [9.17, 15) is 9.59 Å². The standard InChI is InChI=1S/C30H24O4S2/c1-19-16-27(31)33-25-18-22(12-13-23(19)25)35-15-14-30(3,21-8-5-4-6-9-21)36-26-11-7-10-24-20(2)17-28(32)34-29(24)26/h4-18H,1-3H3/b15-14-. The van der Waals surface area contributed by atoms with Gasteiger partial charge in [-0.1, -0.05) is 60.3 Å². The predicted octanol–water partition coefficient (Wildman–Crippen LogP) is 7.83. The van der Waals surface area contributed by atoms with Gasteiger partial charge in [0.25, 0.3) is 0 Å². The van der Waals surface area contributed by atoms with E-state index in [-0.39, 0.29) is 11.3 Å². The van der Waals surface area contributed by atoms with E-state index in [1.54, 1.807) is 23.5 Å². The lowest BCUT2D eigenvalue weighted by Gasteiger charge is -2.26. The quantitative estimate of drug-likeness (QED) is 0.171. The molecule has 4 nitrogen and oxygen atoms in total. The summed E-state index contributed by atoms with van der Waals surface area (Å²) in [7, 11) is 0. The molecule has 0 saturated carbocycles. The predicted molar refractivity (Wildman–Crippen MR) is 149 cm³/mol. The van der Waals surface area contributed by atoms with Crippen molar-refractivity contribution in [3.05, 3.63) is 128 Å². The Morgan fingerprint density at radius 2 is 1.50 bits per heavy atom. The zero-order chi connectivity index (χ0) is 25.3. The van der Waals surface area contributed by atoms with E-state index in [1.807, 2.05) is 68.4 Å². The second kappa shape index (κ2) is 9.88. The van der Waals surface area contributed by atoms with Crippen LogP contribution in [0, 0.1) is 13.8 Å². The van der Waals surface area contributed by atoms with Crippen LogP contribution in [0.15, 0.2) is 119 Å². The van der Waals surface area contributed by atoms with Gasteiger partial charge in [-0.2, -0.15) is 0 Å². The van der Waals surface area contributed by atoms with Gasteiger partial charge in [0.05, 0.1) is 9.64 Å². The summed E-state index contributed by atoms with van der Waals surface area (Å²) in [6.45, 7) is 5.98. The molecule has 0 amide bonds. The normalized spacial score (nSPS) is 13.4. The van der Waals surface area contributed by atoms with Crippen LogP contribution in [0.2, 0.25) is 0 Å². The lowest BCUT2D eigenvalue weighted by Crippen LogP contribution is -2.14. The molecule has 0 saturated heterocycles. The molecule has 1 atom stereocenters. The number of hydrogen-bond acceptors (Lipinski definition) is 6. The Morgan fingerprint density at radius 3 is 2.28 bits per heavy atom. The highest BCUT2D eigenvalue weighted by Crippen LogP contribution is 2.45. The van der Waals surface area contributed by atoms with Crippen LogP contribution in [0.3, 0.4) is 0 Å². The summed E-state index contributed by atoms with van der Waals surface area (Å²) in [6.07, 6.45) is 2.15. The largest absolute Gasteiger partial charge is 0.423 e. The van der Waals surface area contributed by atoms with Crippen molar-refractivity contribution in [2.24, 2.45) is 0 Å². The molecule has 0 bridgehead atoms. The Labute approximate surface area is 217 Å². The van der Waals surface area contributed by atoms with Crippen molar-refractivity contribution < 1.29 is 8.83 Å². The molecule has 36 heavy (non-hydrogen) atoms. The molecular weight excluding hydrogens is 488 g/mol. The summed E-state index contributed by atoms with van der Waals surface area (Å²) < 4.78 is 10.6. The first kappa shape index (κ1) is 24.2. The third-order valence-corrected chi connectivity index (χ3v) is 8.26. The fourth-order valence-electron chi connectivity index (χ4n) is 4.20. The zero-order valence-electron chi connectivity index (χ0n) is 20.1. The molecule has 0 N–H and O–H groups in total. The number of aryl methyl sites for hydroxylation is 2. The fourth-order valence-corrected chi connectivity index (χ4v) is 6.35. The minimum absolute atomic E-state index is 0.345. The van der Waals surface area contributed by atoms with Crippen molar-refractivity contribution in [2.75, 3.05) is 0 Å². The molecule has 0 aliphatic heterocycles. The van der Waals surface area contributed by atoms with Crippen molar-refractivity contribution in [1.82, 2.24) is 0 Å². The molecule has 0 aliphatic rings. The number of rotatable bonds is 6. The highest BCUT2D eigenvalue weighted by molar-refractivity contribution is 8.02. The molecule has 2 aromatic heterocycles. The highest BCUT2D eigenvalue weighted by atomic mass is 32.2. The maximum absolute atomic E-state index is 12.1. The number of para-hydroxylation sites is 1. The molecule has 180 valence electrons. The van der Waals surface area contributed by atoms with Crippen molar-refractivity contribution >= 4 is 45.5 Å². The Bertz CT molecular complexity index is 1720. The average molecular weight is 513 g/mol. The van der Waals surface area contributed by atoms with Crippen molar-refractivity contribution in [1.29, 1.82) is 0 Å². The third-order valence-electron chi connectivity index (χ3n) is 6.12. The summed E-state index contributed by atoms with van der Waals surface area (Å²) in [4.78, 5) is 25.8. The minimum Gasteiger partial charge on any atom is -0.423 e. The van der Waals surface area contributed by atoms with E-state index in [2.05, 4.69) is 30.5 Å². The van der Waals surface area contributed by atoms with Gasteiger partial charge in [-0.05, 0) is 67.1 Å². The van der Waals surface area contributed by atoms with E-state index in [1.165, 1.54) is 12.1 Å². The summed E-state index contributed by atoms with van der Waals surface area (Å²) in [5.41, 5.74) is 3.42. The Hall–Kier alpha value is -3.48. The van der Waals surface area contributed by atoms with E-state index >= 15 is 0 Å².